The van der Waals surface area contributed by atoms with E-state index in [1.54, 1.807) is 12.1 Å². The van der Waals surface area contributed by atoms with Crippen LogP contribution in [0, 0.1) is 17.4 Å². The molecule has 0 spiro atoms. The first kappa shape index (κ1) is 19.0. The summed E-state index contributed by atoms with van der Waals surface area (Å²) in [5, 5.41) is 0. The summed E-state index contributed by atoms with van der Waals surface area (Å²) in [5.41, 5.74) is 1.38. The zero-order valence-electron chi connectivity index (χ0n) is 15.2. The van der Waals surface area contributed by atoms with Gasteiger partial charge in [-0.25, -0.2) is 15.0 Å². The normalized spacial score (nSPS) is 19.0. The maximum Gasteiger partial charge on any atom is 0.220 e. The van der Waals surface area contributed by atoms with Crippen LogP contribution in [0.3, 0.4) is 0 Å². The molecule has 0 atom stereocenters. The number of sulfone groups is 1. The van der Waals surface area contributed by atoms with Gasteiger partial charge in [0.15, 0.2) is 9.84 Å². The van der Waals surface area contributed by atoms with Gasteiger partial charge < -0.3 is 4.85 Å². The predicted octanol–water partition coefficient (Wildman–Crippen LogP) is 3.64. The molecule has 0 unspecified atom stereocenters. The fraction of sp³-hybridized carbons (Fsp3) is 0.632. The third kappa shape index (κ3) is 4.17. The van der Waals surface area contributed by atoms with Crippen LogP contribution in [-0.2, 0) is 16.4 Å². The second-order valence-corrected chi connectivity index (χ2v) is 10.1. The van der Waals surface area contributed by atoms with Crippen molar-refractivity contribution in [1.29, 1.82) is 0 Å². The van der Waals surface area contributed by atoms with Gasteiger partial charge in [0, 0.05) is 18.2 Å². The summed E-state index contributed by atoms with van der Waals surface area (Å²) in [7, 11) is -3.13. The molecule has 0 bridgehead atoms. The molecule has 0 N–H and O–H groups in total. The molecule has 0 aromatic heterocycles. The van der Waals surface area contributed by atoms with Gasteiger partial charge in [0.05, 0.1) is 4.90 Å². The van der Waals surface area contributed by atoms with Crippen molar-refractivity contribution in [2.75, 3.05) is 25.9 Å². The van der Waals surface area contributed by atoms with Crippen LogP contribution in [0.2, 0.25) is 0 Å². The molecule has 1 aromatic carbocycles. The number of rotatable bonds is 4. The lowest BCUT2D eigenvalue weighted by molar-refractivity contribution is 0.0173. The Morgan fingerprint density at radius 1 is 1.17 bits per heavy atom. The van der Waals surface area contributed by atoms with E-state index in [9.17, 15) is 8.42 Å². The summed E-state index contributed by atoms with van der Waals surface area (Å²) in [4.78, 5) is 6.49. The van der Waals surface area contributed by atoms with E-state index in [0.717, 1.165) is 38.0 Å². The predicted molar refractivity (Wildman–Crippen MR) is 97.4 cm³/mol. The number of piperidine rings is 1. The van der Waals surface area contributed by atoms with E-state index in [2.05, 4.69) is 30.5 Å². The van der Waals surface area contributed by atoms with Crippen molar-refractivity contribution >= 4 is 9.84 Å². The summed E-state index contributed by atoms with van der Waals surface area (Å²) in [5.74, 6) is 0. The molecule has 0 amide bonds. The summed E-state index contributed by atoms with van der Waals surface area (Å²) in [6.45, 7) is 17.5. The highest BCUT2D eigenvalue weighted by molar-refractivity contribution is 7.90. The molecular formula is C19H28N2O2S. The number of likely N-dealkylation sites (tertiary alicyclic amines) is 1. The van der Waals surface area contributed by atoms with Crippen molar-refractivity contribution in [1.82, 2.24) is 4.90 Å². The molecule has 4 nitrogen and oxygen atoms in total. The summed E-state index contributed by atoms with van der Waals surface area (Å²) < 4.78 is 23.1. The van der Waals surface area contributed by atoms with Gasteiger partial charge in [0.1, 0.15) is 0 Å². The Morgan fingerprint density at radius 2 is 1.71 bits per heavy atom. The van der Waals surface area contributed by atoms with Gasteiger partial charge in [-0.15, -0.1) is 0 Å². The first-order valence-electron chi connectivity index (χ1n) is 8.42. The Morgan fingerprint density at radius 3 is 2.12 bits per heavy atom. The third-order valence-corrected chi connectivity index (χ3v) is 6.67. The average Bonchev–Trinajstić information content (AvgIpc) is 2.48. The molecule has 0 saturated carbocycles. The van der Waals surface area contributed by atoms with Crippen molar-refractivity contribution in [3.63, 3.8) is 0 Å². The second kappa shape index (κ2) is 6.85. The summed E-state index contributed by atoms with van der Waals surface area (Å²) in [6, 6.07) is 7.18. The lowest BCUT2D eigenvalue weighted by Crippen LogP contribution is -2.47. The Labute approximate surface area is 146 Å². The number of nitrogens with zero attached hydrogens (tertiary/aromatic N) is 2. The fourth-order valence-electron chi connectivity index (χ4n) is 3.54. The molecular weight excluding hydrogens is 320 g/mol. The first-order valence-corrected chi connectivity index (χ1v) is 10.3. The molecule has 1 heterocycles. The first-order chi connectivity index (χ1) is 11.1. The van der Waals surface area contributed by atoms with Crippen LogP contribution in [-0.4, -0.2) is 39.2 Å². The largest absolute Gasteiger partial charge is 0.316 e. The molecule has 2 rings (SSSR count). The quantitative estimate of drug-likeness (QED) is 0.780. The van der Waals surface area contributed by atoms with Crippen molar-refractivity contribution in [2.24, 2.45) is 10.8 Å². The molecule has 0 aliphatic carbocycles. The Kier molecular flexibility index (Phi) is 5.41. The van der Waals surface area contributed by atoms with E-state index >= 15 is 0 Å². The van der Waals surface area contributed by atoms with Gasteiger partial charge >= 0.3 is 0 Å². The standard InChI is InChI=1S/C19H28N2O2S/c1-18(2,3)19(15-20-4)10-12-21(13-11-19)14-16-6-8-17(9-7-16)24(5,22)23/h6-9H,10-15H2,1-3,5H3. The third-order valence-electron chi connectivity index (χ3n) is 5.54. The van der Waals surface area contributed by atoms with E-state index < -0.39 is 9.84 Å². The molecule has 1 saturated heterocycles. The lowest BCUT2D eigenvalue weighted by atomic mass is 9.61. The van der Waals surface area contributed by atoms with Crippen LogP contribution in [0.5, 0.6) is 0 Å². The molecule has 1 fully saturated rings. The lowest BCUT2D eigenvalue weighted by Gasteiger charge is -2.46. The van der Waals surface area contributed by atoms with Crippen LogP contribution in [0.4, 0.5) is 0 Å². The highest BCUT2D eigenvalue weighted by Crippen LogP contribution is 2.47. The van der Waals surface area contributed by atoms with Crippen molar-refractivity contribution in [2.45, 2.75) is 45.1 Å². The maximum atomic E-state index is 11.5. The molecule has 0 radical (unpaired) electrons. The second-order valence-electron chi connectivity index (χ2n) is 8.04. The topological polar surface area (TPSA) is 41.7 Å². The average molecular weight is 349 g/mol. The highest BCUT2D eigenvalue weighted by Gasteiger charge is 2.46. The van der Waals surface area contributed by atoms with Crippen molar-refractivity contribution in [3.05, 3.63) is 41.2 Å². The van der Waals surface area contributed by atoms with Gasteiger partial charge in [-0.3, -0.25) is 4.90 Å². The minimum atomic E-state index is -3.13. The fourth-order valence-corrected chi connectivity index (χ4v) is 4.17. The molecule has 5 heteroatoms. The molecule has 1 aromatic rings. The van der Waals surface area contributed by atoms with E-state index in [0.29, 0.717) is 11.4 Å². The minimum absolute atomic E-state index is 0.103. The molecule has 24 heavy (non-hydrogen) atoms. The van der Waals surface area contributed by atoms with Crippen LogP contribution in [0.15, 0.2) is 29.2 Å². The Hall–Kier alpha value is -1.38. The van der Waals surface area contributed by atoms with E-state index in [1.807, 2.05) is 12.1 Å². The van der Waals surface area contributed by atoms with Crippen molar-refractivity contribution in [3.8, 4) is 0 Å². The van der Waals surface area contributed by atoms with E-state index in [1.165, 1.54) is 6.26 Å². The highest BCUT2D eigenvalue weighted by atomic mass is 32.2. The van der Waals surface area contributed by atoms with Crippen LogP contribution in [0.1, 0.15) is 39.2 Å². The minimum Gasteiger partial charge on any atom is -0.316 e. The molecule has 132 valence electrons. The maximum absolute atomic E-state index is 11.5. The van der Waals surface area contributed by atoms with Crippen LogP contribution in [0.25, 0.3) is 4.85 Å². The summed E-state index contributed by atoms with van der Waals surface area (Å²) in [6.07, 6.45) is 3.32. The van der Waals surface area contributed by atoms with Crippen LogP contribution < -0.4 is 0 Å². The zero-order valence-corrected chi connectivity index (χ0v) is 16.0. The van der Waals surface area contributed by atoms with Gasteiger partial charge in [-0.05, 0) is 49.0 Å². The Balaban J connectivity index is 2.01. The van der Waals surface area contributed by atoms with Gasteiger partial charge in [-0.1, -0.05) is 32.9 Å². The Bertz CT molecular complexity index is 701. The van der Waals surface area contributed by atoms with E-state index in [-0.39, 0.29) is 10.8 Å². The van der Waals surface area contributed by atoms with Crippen LogP contribution >= 0.6 is 0 Å². The van der Waals surface area contributed by atoms with Gasteiger partial charge in [0.2, 0.25) is 6.54 Å². The van der Waals surface area contributed by atoms with Gasteiger partial charge in [-0.2, -0.15) is 0 Å². The number of hydrogen-bond acceptors (Lipinski definition) is 3. The SMILES string of the molecule is [C-]#[N+]CC1(C(C)(C)C)CCN(Cc2ccc(S(C)(=O)=O)cc2)CC1. The number of hydrogen-bond donors (Lipinski definition) is 0. The smallest absolute Gasteiger partial charge is 0.220 e. The van der Waals surface area contributed by atoms with Gasteiger partial charge in [0.25, 0.3) is 0 Å². The van der Waals surface area contributed by atoms with E-state index in [4.69, 9.17) is 6.57 Å². The zero-order chi connectivity index (χ0) is 18.0. The number of benzene rings is 1. The molecule has 1 aliphatic heterocycles. The van der Waals surface area contributed by atoms with Crippen molar-refractivity contribution < 1.29 is 8.42 Å². The molecule has 1 aliphatic rings. The summed E-state index contributed by atoms with van der Waals surface area (Å²) >= 11 is 0. The monoisotopic (exact) mass is 348 g/mol.